The van der Waals surface area contributed by atoms with Crippen molar-refractivity contribution < 1.29 is 10.5 Å². The van der Waals surface area contributed by atoms with E-state index in [0.29, 0.717) is 29.8 Å². The average Bonchev–Trinajstić information content (AvgIpc) is 2.66. The summed E-state index contributed by atoms with van der Waals surface area (Å²) >= 11 is 0. The van der Waals surface area contributed by atoms with Crippen LogP contribution in [0.4, 0.5) is 23.1 Å². The summed E-state index contributed by atoms with van der Waals surface area (Å²) in [5.74, 6) is 1.10. The van der Waals surface area contributed by atoms with E-state index in [-0.39, 0.29) is 6.04 Å². The Morgan fingerprint density at radius 1 is 1.39 bits per heavy atom. The molecule has 0 aliphatic carbocycles. The number of aliphatic hydroxyl groups excluding tert-OH is 1. The molecule has 150 valence electrons. The largest absolute Gasteiger partial charge is 0.374 e. The molecule has 28 heavy (non-hydrogen) atoms. The van der Waals surface area contributed by atoms with Crippen molar-refractivity contribution in [1.82, 2.24) is 9.97 Å². The molecule has 0 aliphatic heterocycles. The predicted octanol–water partition coefficient (Wildman–Crippen LogP) is 0.395. The Morgan fingerprint density at radius 2 is 2.18 bits per heavy atom. The van der Waals surface area contributed by atoms with Crippen LogP contribution in [0, 0.1) is 11.3 Å². The van der Waals surface area contributed by atoms with Crippen LogP contribution in [0.25, 0.3) is 0 Å². The number of hydrogen-bond acceptors (Lipinski definition) is 9. The van der Waals surface area contributed by atoms with Crippen LogP contribution >= 0.6 is 0 Å². The molecule has 10 N–H and O–H groups in total. The number of benzene rings is 1. The third-order valence-corrected chi connectivity index (χ3v) is 4.04. The van der Waals surface area contributed by atoms with Gasteiger partial charge in [0.1, 0.15) is 18.3 Å². The highest BCUT2D eigenvalue weighted by molar-refractivity contribution is 6.14. The Labute approximate surface area is 164 Å². The molecule has 0 spiro atoms. The number of aromatic nitrogens is 2. The molecule has 10 heteroatoms. The summed E-state index contributed by atoms with van der Waals surface area (Å²) in [6, 6.07) is 7.48. The second kappa shape index (κ2) is 10.4. The van der Waals surface area contributed by atoms with Gasteiger partial charge in [0.15, 0.2) is 5.69 Å². The van der Waals surface area contributed by atoms with Crippen LogP contribution < -0.4 is 27.5 Å². The zero-order valence-corrected chi connectivity index (χ0v) is 16.0. The van der Waals surface area contributed by atoms with Crippen molar-refractivity contribution in [2.45, 2.75) is 26.1 Å². The van der Waals surface area contributed by atoms with Gasteiger partial charge in [-0.25, -0.2) is 4.98 Å². The average molecular weight is 386 g/mol. The van der Waals surface area contributed by atoms with Crippen molar-refractivity contribution in [1.29, 1.82) is 5.41 Å². The molecule has 0 bridgehead atoms. The molecule has 1 heterocycles. The molecule has 0 aliphatic rings. The molecule has 0 saturated heterocycles. The number of hydrogen-bond donors (Lipinski definition) is 7. The van der Waals surface area contributed by atoms with E-state index in [0.717, 1.165) is 17.6 Å². The Kier molecular flexibility index (Phi) is 7.96. The molecule has 0 fully saturated rings. The Hall–Kier alpha value is -2.92. The van der Waals surface area contributed by atoms with E-state index in [1.165, 1.54) is 12.4 Å². The van der Waals surface area contributed by atoms with E-state index in [4.69, 9.17) is 16.9 Å². The standard InChI is InChI=1S/C18H27N9O/c1-11(2)15(9-20)25-18-22-10-14(16(21)28)17(26-18)24-12-4-3-5-13(8-12)27-23-7-6-19/h3-8,10-11,15-16,19,27-28H,9,20-21H2,1-2H3,(H2,22,24,25,26)/p+1/b19-6?,23-7-/t15-,16?/m0/s1. The van der Waals surface area contributed by atoms with Crippen molar-refractivity contribution in [2.24, 2.45) is 22.5 Å². The van der Waals surface area contributed by atoms with Gasteiger partial charge >= 0.3 is 0 Å². The van der Waals surface area contributed by atoms with E-state index in [2.05, 4.69) is 39.6 Å². The smallest absolute Gasteiger partial charge is 0.224 e. The highest BCUT2D eigenvalue weighted by atomic mass is 16.3. The van der Waals surface area contributed by atoms with Crippen LogP contribution in [0.3, 0.4) is 0 Å². The van der Waals surface area contributed by atoms with E-state index < -0.39 is 6.23 Å². The second-order valence-corrected chi connectivity index (χ2v) is 6.52. The zero-order valence-electron chi connectivity index (χ0n) is 16.0. The summed E-state index contributed by atoms with van der Waals surface area (Å²) in [6.07, 6.45) is 2.75. The molecule has 10 nitrogen and oxygen atoms in total. The topological polar surface area (TPSA) is 175 Å². The minimum atomic E-state index is -1.22. The van der Waals surface area contributed by atoms with Gasteiger partial charge in [0.25, 0.3) is 0 Å². The van der Waals surface area contributed by atoms with Crippen molar-refractivity contribution in [2.75, 3.05) is 17.2 Å². The highest BCUT2D eigenvalue weighted by Crippen LogP contribution is 2.24. The van der Waals surface area contributed by atoms with Gasteiger partial charge in [-0.1, -0.05) is 25.0 Å². The summed E-state index contributed by atoms with van der Waals surface area (Å²) in [4.78, 5) is 8.70. The maximum atomic E-state index is 9.86. The third-order valence-electron chi connectivity index (χ3n) is 4.04. The second-order valence-electron chi connectivity index (χ2n) is 6.52. The fourth-order valence-corrected chi connectivity index (χ4v) is 2.45. The molecule has 1 unspecified atom stereocenters. The number of rotatable bonds is 10. The van der Waals surface area contributed by atoms with Gasteiger partial charge in [-0.2, -0.15) is 10.4 Å². The van der Waals surface area contributed by atoms with E-state index in [1.54, 1.807) is 5.43 Å². The van der Waals surface area contributed by atoms with Crippen molar-refractivity contribution in [3.05, 3.63) is 36.0 Å². The first kappa shape index (κ1) is 21.4. The number of nitrogens with two attached hydrogens (primary N) is 3. The van der Waals surface area contributed by atoms with Crippen molar-refractivity contribution >= 4 is 35.6 Å². The fourth-order valence-electron chi connectivity index (χ4n) is 2.45. The molecule has 0 saturated carbocycles. The molecule has 2 atom stereocenters. The molecule has 2 rings (SSSR count). The van der Waals surface area contributed by atoms with Gasteiger partial charge in [-0.05, 0) is 12.0 Å². The minimum absolute atomic E-state index is 0.0196. The predicted molar refractivity (Wildman–Crippen MR) is 111 cm³/mol. The van der Waals surface area contributed by atoms with Crippen LogP contribution in [0.1, 0.15) is 25.6 Å². The molecule has 0 radical (unpaired) electrons. The van der Waals surface area contributed by atoms with Gasteiger partial charge in [0.05, 0.1) is 5.56 Å². The number of nitrogens with one attached hydrogen (secondary N) is 3. The van der Waals surface area contributed by atoms with Crippen molar-refractivity contribution in [3.8, 4) is 0 Å². The molecule has 1 aromatic heterocycles. The SMILES string of the molecule is CC(C)[C@H](CN)Nc1ncc(C(N)O)c(Nc2cccc([NH2+]/N=C\C=N)c2)n1. The van der Waals surface area contributed by atoms with E-state index in [9.17, 15) is 5.11 Å². The number of aliphatic hydroxyl groups is 1. The first-order valence-corrected chi connectivity index (χ1v) is 8.94. The quantitative estimate of drug-likeness (QED) is 0.102. The number of anilines is 3. The van der Waals surface area contributed by atoms with Gasteiger partial charge in [-0.15, -0.1) is 0 Å². The molecular weight excluding hydrogens is 358 g/mol. The lowest BCUT2D eigenvalue weighted by Gasteiger charge is -2.21. The molecular formula is C18H28N9O+. The van der Waals surface area contributed by atoms with Crippen LogP contribution in [0.15, 0.2) is 35.6 Å². The Balaban J connectivity index is 2.27. The first-order valence-electron chi connectivity index (χ1n) is 8.94. The van der Waals surface area contributed by atoms with Crippen LogP contribution in [0.2, 0.25) is 0 Å². The summed E-state index contributed by atoms with van der Waals surface area (Å²) in [5.41, 5.74) is 15.0. The van der Waals surface area contributed by atoms with Gasteiger partial charge < -0.3 is 32.6 Å². The lowest BCUT2D eigenvalue weighted by Crippen LogP contribution is -2.71. The lowest BCUT2D eigenvalue weighted by molar-refractivity contribution is -0.576. The lowest BCUT2D eigenvalue weighted by atomic mass is 10.1. The van der Waals surface area contributed by atoms with Gasteiger partial charge in [0, 0.05) is 42.8 Å². The maximum absolute atomic E-state index is 9.86. The minimum Gasteiger partial charge on any atom is -0.374 e. The third kappa shape index (κ3) is 6.06. The highest BCUT2D eigenvalue weighted by Gasteiger charge is 2.16. The van der Waals surface area contributed by atoms with Gasteiger partial charge in [0.2, 0.25) is 5.95 Å². The van der Waals surface area contributed by atoms with E-state index >= 15 is 0 Å². The summed E-state index contributed by atoms with van der Waals surface area (Å²) in [5, 5.41) is 27.2. The summed E-state index contributed by atoms with van der Waals surface area (Å²) in [6.45, 7) is 4.56. The number of nitrogens with zero attached hydrogens (tertiary/aromatic N) is 3. The molecule has 0 amide bonds. The monoisotopic (exact) mass is 386 g/mol. The maximum Gasteiger partial charge on any atom is 0.224 e. The van der Waals surface area contributed by atoms with E-state index in [1.807, 2.05) is 24.3 Å². The van der Waals surface area contributed by atoms with Crippen LogP contribution in [-0.2, 0) is 0 Å². The molecule has 2 aromatic rings. The summed E-state index contributed by atoms with van der Waals surface area (Å²) < 4.78 is 0. The zero-order chi connectivity index (χ0) is 20.5. The van der Waals surface area contributed by atoms with Gasteiger partial charge in [-0.3, -0.25) is 0 Å². The number of quaternary nitrogens is 1. The van der Waals surface area contributed by atoms with Crippen LogP contribution in [0.5, 0.6) is 0 Å². The normalized spacial score (nSPS) is 13.5. The van der Waals surface area contributed by atoms with Crippen molar-refractivity contribution in [3.63, 3.8) is 0 Å². The summed E-state index contributed by atoms with van der Waals surface area (Å²) in [7, 11) is 0. The van der Waals surface area contributed by atoms with Crippen LogP contribution in [-0.4, -0.2) is 40.1 Å². The Morgan fingerprint density at radius 3 is 2.82 bits per heavy atom. The molecule has 1 aromatic carbocycles. The Bertz CT molecular complexity index is 807. The first-order chi connectivity index (χ1) is 13.4. The fraction of sp³-hybridized carbons (Fsp3) is 0.333.